The smallest absolute Gasteiger partial charge is 0.258 e. The monoisotopic (exact) mass is 358 g/mol. The Labute approximate surface area is 159 Å². The van der Waals surface area contributed by atoms with Gasteiger partial charge in [-0.25, -0.2) is 0 Å². The predicted octanol–water partition coefficient (Wildman–Crippen LogP) is 4.83. The van der Waals surface area contributed by atoms with Crippen LogP contribution < -0.4 is 10.2 Å². The van der Waals surface area contributed by atoms with E-state index in [-0.39, 0.29) is 11.8 Å². The summed E-state index contributed by atoms with van der Waals surface area (Å²) in [6, 6.07) is 22.0. The van der Waals surface area contributed by atoms with Crippen LogP contribution in [0, 0.1) is 13.8 Å². The van der Waals surface area contributed by atoms with Crippen molar-refractivity contribution in [3.05, 3.63) is 95.1 Å². The van der Waals surface area contributed by atoms with E-state index in [1.165, 1.54) is 0 Å². The van der Waals surface area contributed by atoms with Crippen molar-refractivity contribution in [2.45, 2.75) is 13.8 Å². The number of carbonyl (C=O) groups excluding carboxylic acids is 2. The minimum absolute atomic E-state index is 0.164. The maximum atomic E-state index is 12.8. The van der Waals surface area contributed by atoms with Crippen molar-refractivity contribution in [1.82, 2.24) is 0 Å². The van der Waals surface area contributed by atoms with Gasteiger partial charge < -0.3 is 10.2 Å². The number of carbonyl (C=O) groups is 2. The summed E-state index contributed by atoms with van der Waals surface area (Å²) in [5.41, 5.74) is 4.62. The predicted molar refractivity (Wildman–Crippen MR) is 109 cm³/mol. The molecule has 4 heteroatoms. The van der Waals surface area contributed by atoms with Gasteiger partial charge in [-0.05, 0) is 55.8 Å². The van der Waals surface area contributed by atoms with E-state index in [9.17, 15) is 9.59 Å². The van der Waals surface area contributed by atoms with E-state index < -0.39 is 0 Å². The van der Waals surface area contributed by atoms with E-state index >= 15 is 0 Å². The Morgan fingerprint density at radius 3 is 2.22 bits per heavy atom. The van der Waals surface area contributed by atoms with Gasteiger partial charge in [0.15, 0.2) is 0 Å². The molecule has 0 atom stereocenters. The van der Waals surface area contributed by atoms with E-state index in [1.54, 1.807) is 36.2 Å². The average molecular weight is 358 g/mol. The molecular weight excluding hydrogens is 336 g/mol. The van der Waals surface area contributed by atoms with Crippen LogP contribution in [0.4, 0.5) is 11.4 Å². The average Bonchev–Trinajstić information content (AvgIpc) is 2.69. The third-order valence-electron chi connectivity index (χ3n) is 4.45. The molecule has 0 bridgehead atoms. The van der Waals surface area contributed by atoms with Crippen molar-refractivity contribution in [3.63, 3.8) is 0 Å². The van der Waals surface area contributed by atoms with Crippen LogP contribution in [0.5, 0.6) is 0 Å². The molecule has 4 nitrogen and oxygen atoms in total. The van der Waals surface area contributed by atoms with Gasteiger partial charge in [0.1, 0.15) is 0 Å². The normalized spacial score (nSPS) is 10.3. The second-order valence-electron chi connectivity index (χ2n) is 6.55. The number of rotatable bonds is 4. The molecule has 0 aliphatic rings. The summed E-state index contributed by atoms with van der Waals surface area (Å²) in [6.45, 7) is 3.97. The van der Waals surface area contributed by atoms with Gasteiger partial charge in [0.2, 0.25) is 0 Å². The summed E-state index contributed by atoms with van der Waals surface area (Å²) in [4.78, 5) is 27.0. The van der Waals surface area contributed by atoms with Gasteiger partial charge in [0.05, 0.1) is 0 Å². The van der Waals surface area contributed by atoms with Crippen molar-refractivity contribution in [2.24, 2.45) is 0 Å². The number of nitrogens with one attached hydrogen (secondary N) is 1. The lowest BCUT2D eigenvalue weighted by molar-refractivity contribution is 0.0993. The van der Waals surface area contributed by atoms with Gasteiger partial charge in [0.25, 0.3) is 11.8 Å². The summed E-state index contributed by atoms with van der Waals surface area (Å²) in [6.07, 6.45) is 0. The topological polar surface area (TPSA) is 49.4 Å². The van der Waals surface area contributed by atoms with Crippen molar-refractivity contribution in [3.8, 4) is 0 Å². The van der Waals surface area contributed by atoms with E-state index in [0.717, 1.165) is 22.5 Å². The van der Waals surface area contributed by atoms with Gasteiger partial charge >= 0.3 is 0 Å². The maximum Gasteiger partial charge on any atom is 0.258 e. The van der Waals surface area contributed by atoms with Crippen LogP contribution in [0.1, 0.15) is 31.8 Å². The van der Waals surface area contributed by atoms with Gasteiger partial charge in [-0.1, -0.05) is 42.0 Å². The number of aryl methyl sites for hydroxylation is 2. The summed E-state index contributed by atoms with van der Waals surface area (Å²) in [7, 11) is 1.72. The fourth-order valence-electron chi connectivity index (χ4n) is 2.90. The van der Waals surface area contributed by atoms with Crippen LogP contribution in [0.3, 0.4) is 0 Å². The lowest BCUT2D eigenvalue weighted by Crippen LogP contribution is -2.26. The minimum Gasteiger partial charge on any atom is -0.322 e. The van der Waals surface area contributed by atoms with Crippen molar-refractivity contribution in [2.75, 3.05) is 17.3 Å². The molecule has 0 fully saturated rings. The summed E-state index contributed by atoms with van der Waals surface area (Å²) in [5, 5.41) is 2.92. The molecule has 0 heterocycles. The molecule has 0 unspecified atom stereocenters. The molecule has 0 spiro atoms. The molecule has 3 aromatic rings. The highest BCUT2D eigenvalue weighted by Gasteiger charge is 2.16. The first-order valence-corrected chi connectivity index (χ1v) is 8.77. The highest BCUT2D eigenvalue weighted by molar-refractivity contribution is 6.09. The first kappa shape index (κ1) is 18.4. The summed E-state index contributed by atoms with van der Waals surface area (Å²) < 4.78 is 0. The fraction of sp³-hybridized carbons (Fsp3) is 0.130. The summed E-state index contributed by atoms with van der Waals surface area (Å²) in [5.74, 6) is -0.402. The van der Waals surface area contributed by atoms with Gasteiger partial charge in [-0.3, -0.25) is 9.59 Å². The van der Waals surface area contributed by atoms with Crippen LogP contribution in [0.25, 0.3) is 0 Å². The quantitative estimate of drug-likeness (QED) is 0.726. The molecule has 2 amide bonds. The molecule has 0 aromatic heterocycles. The molecule has 3 rings (SSSR count). The standard InChI is InChI=1S/C23H22N2O2/c1-16-12-13-21(17(2)14-16)24-22(26)18-8-7-9-19(15-18)23(27)25(3)20-10-5-4-6-11-20/h4-15H,1-3H3,(H,24,26). The van der Waals surface area contributed by atoms with Gasteiger partial charge in [-0.2, -0.15) is 0 Å². The Hall–Kier alpha value is -3.40. The number of benzene rings is 3. The highest BCUT2D eigenvalue weighted by Crippen LogP contribution is 2.19. The van der Waals surface area contributed by atoms with Crippen LogP contribution in [0.15, 0.2) is 72.8 Å². The number of para-hydroxylation sites is 1. The lowest BCUT2D eigenvalue weighted by atomic mass is 10.1. The zero-order chi connectivity index (χ0) is 19.4. The number of nitrogens with zero attached hydrogens (tertiary/aromatic N) is 1. The Morgan fingerprint density at radius 1 is 0.815 bits per heavy atom. The number of hydrogen-bond donors (Lipinski definition) is 1. The highest BCUT2D eigenvalue weighted by atomic mass is 16.2. The molecule has 0 saturated carbocycles. The Morgan fingerprint density at radius 2 is 1.52 bits per heavy atom. The van der Waals surface area contributed by atoms with Crippen LogP contribution >= 0.6 is 0 Å². The van der Waals surface area contributed by atoms with E-state index in [0.29, 0.717) is 11.1 Å². The maximum absolute atomic E-state index is 12.8. The van der Waals surface area contributed by atoms with E-state index in [1.807, 2.05) is 62.4 Å². The molecule has 3 aromatic carbocycles. The largest absolute Gasteiger partial charge is 0.322 e. The minimum atomic E-state index is -0.237. The molecule has 136 valence electrons. The molecular formula is C23H22N2O2. The number of hydrogen-bond acceptors (Lipinski definition) is 2. The third-order valence-corrected chi connectivity index (χ3v) is 4.45. The molecule has 0 aliphatic heterocycles. The van der Waals surface area contributed by atoms with Gasteiger partial charge in [0, 0.05) is 29.5 Å². The van der Waals surface area contributed by atoms with Crippen LogP contribution in [0.2, 0.25) is 0 Å². The molecule has 1 N–H and O–H groups in total. The fourth-order valence-corrected chi connectivity index (χ4v) is 2.90. The summed E-state index contributed by atoms with van der Waals surface area (Å²) >= 11 is 0. The third kappa shape index (κ3) is 4.23. The second kappa shape index (κ2) is 7.87. The molecule has 0 aliphatic carbocycles. The number of anilines is 2. The SMILES string of the molecule is Cc1ccc(NC(=O)c2cccc(C(=O)N(C)c3ccccc3)c2)c(C)c1. The number of amides is 2. The molecule has 27 heavy (non-hydrogen) atoms. The zero-order valence-electron chi connectivity index (χ0n) is 15.7. The Balaban J connectivity index is 1.80. The van der Waals surface area contributed by atoms with Crippen molar-refractivity contribution >= 4 is 23.2 Å². The molecule has 0 saturated heterocycles. The first-order valence-electron chi connectivity index (χ1n) is 8.77. The Kier molecular flexibility index (Phi) is 5.36. The second-order valence-corrected chi connectivity index (χ2v) is 6.55. The van der Waals surface area contributed by atoms with Crippen LogP contribution in [-0.4, -0.2) is 18.9 Å². The van der Waals surface area contributed by atoms with Gasteiger partial charge in [-0.15, -0.1) is 0 Å². The van der Waals surface area contributed by atoms with Crippen molar-refractivity contribution < 1.29 is 9.59 Å². The van der Waals surface area contributed by atoms with Crippen LogP contribution in [-0.2, 0) is 0 Å². The molecule has 0 radical (unpaired) electrons. The van der Waals surface area contributed by atoms with Crippen molar-refractivity contribution in [1.29, 1.82) is 0 Å². The lowest BCUT2D eigenvalue weighted by Gasteiger charge is -2.17. The van der Waals surface area contributed by atoms with E-state index in [2.05, 4.69) is 5.32 Å². The first-order chi connectivity index (χ1) is 13.0. The Bertz CT molecular complexity index is 981. The van der Waals surface area contributed by atoms with E-state index in [4.69, 9.17) is 0 Å². The zero-order valence-corrected chi connectivity index (χ0v) is 15.7.